The summed E-state index contributed by atoms with van der Waals surface area (Å²) in [5.41, 5.74) is 0. The van der Waals surface area contributed by atoms with Crippen molar-refractivity contribution < 1.29 is 9.90 Å². The summed E-state index contributed by atoms with van der Waals surface area (Å²) in [6.45, 7) is 1.23. The van der Waals surface area contributed by atoms with Crippen molar-refractivity contribution in [2.45, 2.75) is 6.42 Å². The molecule has 0 spiro atoms. The number of nitrogens with one attached hydrogen (secondary N) is 1. The van der Waals surface area contributed by atoms with Crippen molar-refractivity contribution in [3.63, 3.8) is 0 Å². The van der Waals surface area contributed by atoms with Gasteiger partial charge in [0.25, 0.3) is 0 Å². The summed E-state index contributed by atoms with van der Waals surface area (Å²) < 4.78 is 0. The first-order valence-corrected chi connectivity index (χ1v) is 2.98. The lowest BCUT2D eigenvalue weighted by Crippen LogP contribution is -2.46. The van der Waals surface area contributed by atoms with Gasteiger partial charge in [-0.3, -0.25) is 0 Å². The number of hydrogen-bond donors (Lipinski definition) is 2. The molecule has 0 atom stereocenters. The first-order chi connectivity index (χ1) is 4.34. The highest BCUT2D eigenvalue weighted by atomic mass is 16.3. The molecule has 2 amide bonds. The van der Waals surface area contributed by atoms with Gasteiger partial charge in [-0.15, -0.1) is 0 Å². The quantitative estimate of drug-likeness (QED) is 0.495. The molecule has 2 N–H and O–H groups in total. The van der Waals surface area contributed by atoms with E-state index in [1.165, 1.54) is 4.90 Å². The molecule has 1 saturated heterocycles. The number of rotatable bonds is 1. The lowest BCUT2D eigenvalue weighted by molar-refractivity contribution is 0.112. The molecule has 0 unspecified atom stereocenters. The third-order valence-electron chi connectivity index (χ3n) is 1.34. The standard InChI is InChI=1S/C5H10N2O2/c8-4-7-3-1-2-6-5(7)9/h8H,1-4H2,(H,6,9). The molecule has 9 heavy (non-hydrogen) atoms. The largest absolute Gasteiger partial charge is 0.376 e. The van der Waals surface area contributed by atoms with Crippen molar-refractivity contribution >= 4 is 6.03 Å². The minimum absolute atomic E-state index is 0.163. The van der Waals surface area contributed by atoms with Crippen LogP contribution in [0.1, 0.15) is 6.42 Å². The Labute approximate surface area is 53.5 Å². The molecule has 1 fully saturated rings. The monoisotopic (exact) mass is 130 g/mol. The summed E-state index contributed by atoms with van der Waals surface area (Å²) in [7, 11) is 0. The smallest absolute Gasteiger partial charge is 0.319 e. The summed E-state index contributed by atoms with van der Waals surface area (Å²) >= 11 is 0. The van der Waals surface area contributed by atoms with Gasteiger partial charge in [0.15, 0.2) is 0 Å². The SMILES string of the molecule is O=C1NCCCN1CO. The maximum atomic E-state index is 10.7. The maximum absolute atomic E-state index is 10.7. The van der Waals surface area contributed by atoms with Gasteiger partial charge < -0.3 is 15.3 Å². The fraction of sp³-hybridized carbons (Fsp3) is 0.800. The van der Waals surface area contributed by atoms with Crippen molar-refractivity contribution in [1.82, 2.24) is 10.2 Å². The van der Waals surface area contributed by atoms with Crippen LogP contribution in [0, 0.1) is 0 Å². The third kappa shape index (κ3) is 1.32. The molecule has 4 nitrogen and oxygen atoms in total. The van der Waals surface area contributed by atoms with Gasteiger partial charge in [0, 0.05) is 13.1 Å². The van der Waals surface area contributed by atoms with Gasteiger partial charge in [0.2, 0.25) is 0 Å². The van der Waals surface area contributed by atoms with Crippen LogP contribution >= 0.6 is 0 Å². The van der Waals surface area contributed by atoms with Crippen molar-refractivity contribution in [3.8, 4) is 0 Å². The van der Waals surface area contributed by atoms with Gasteiger partial charge in [-0.25, -0.2) is 4.79 Å². The van der Waals surface area contributed by atoms with E-state index in [0.717, 1.165) is 13.0 Å². The van der Waals surface area contributed by atoms with Gasteiger partial charge in [-0.1, -0.05) is 0 Å². The second kappa shape index (κ2) is 2.68. The van der Waals surface area contributed by atoms with E-state index in [-0.39, 0.29) is 12.8 Å². The predicted molar refractivity (Wildman–Crippen MR) is 31.8 cm³/mol. The van der Waals surface area contributed by atoms with Crippen LogP contribution < -0.4 is 5.32 Å². The highest BCUT2D eigenvalue weighted by Gasteiger charge is 2.14. The van der Waals surface area contributed by atoms with E-state index < -0.39 is 0 Å². The van der Waals surface area contributed by atoms with Crippen LogP contribution in [0.4, 0.5) is 4.79 Å². The van der Waals surface area contributed by atoms with Crippen molar-refractivity contribution in [2.75, 3.05) is 19.8 Å². The molecular formula is C5H10N2O2. The van der Waals surface area contributed by atoms with E-state index in [1.807, 2.05) is 0 Å². The van der Waals surface area contributed by atoms with Crippen LogP contribution in [0.2, 0.25) is 0 Å². The van der Waals surface area contributed by atoms with Crippen LogP contribution in [0.25, 0.3) is 0 Å². The fourth-order valence-corrected chi connectivity index (χ4v) is 0.814. The zero-order valence-electron chi connectivity index (χ0n) is 5.13. The molecule has 1 aliphatic rings. The summed E-state index contributed by atoms with van der Waals surface area (Å²) in [6.07, 6.45) is 0.923. The number of carbonyl (C=O) groups is 1. The van der Waals surface area contributed by atoms with Crippen molar-refractivity contribution in [3.05, 3.63) is 0 Å². The fourth-order valence-electron chi connectivity index (χ4n) is 0.814. The molecule has 1 rings (SSSR count). The molecule has 0 radical (unpaired) electrons. The summed E-state index contributed by atoms with van der Waals surface area (Å²) in [5, 5.41) is 11.1. The van der Waals surface area contributed by atoms with Gasteiger partial charge in [-0.2, -0.15) is 0 Å². The van der Waals surface area contributed by atoms with Crippen molar-refractivity contribution in [1.29, 1.82) is 0 Å². The molecule has 1 aliphatic heterocycles. The Kier molecular flexibility index (Phi) is 1.89. The molecular weight excluding hydrogens is 120 g/mol. The topological polar surface area (TPSA) is 52.6 Å². The van der Waals surface area contributed by atoms with Crippen LogP contribution in [0.3, 0.4) is 0 Å². The second-order valence-corrected chi connectivity index (χ2v) is 1.99. The second-order valence-electron chi connectivity index (χ2n) is 1.99. The van der Waals surface area contributed by atoms with Gasteiger partial charge in [0.1, 0.15) is 6.73 Å². The molecule has 0 saturated carbocycles. The maximum Gasteiger partial charge on any atom is 0.319 e. The Morgan fingerprint density at radius 3 is 3.00 bits per heavy atom. The Hall–Kier alpha value is -0.770. The Morgan fingerprint density at radius 2 is 2.56 bits per heavy atom. The summed E-state index contributed by atoms with van der Waals surface area (Å²) in [5.74, 6) is 0. The minimum Gasteiger partial charge on any atom is -0.376 e. The average Bonchev–Trinajstić information content (AvgIpc) is 1.89. The molecule has 0 bridgehead atoms. The number of hydrogen-bond acceptors (Lipinski definition) is 2. The molecule has 0 aromatic rings. The lowest BCUT2D eigenvalue weighted by atomic mass is 10.3. The van der Waals surface area contributed by atoms with Gasteiger partial charge in [0.05, 0.1) is 0 Å². The highest BCUT2D eigenvalue weighted by molar-refractivity contribution is 5.74. The number of aliphatic hydroxyl groups excluding tert-OH is 1. The number of amides is 2. The summed E-state index contributed by atoms with van der Waals surface area (Å²) in [6, 6.07) is -0.163. The van der Waals surface area contributed by atoms with Crippen LogP contribution in [-0.4, -0.2) is 35.9 Å². The number of aliphatic hydroxyl groups is 1. The van der Waals surface area contributed by atoms with Gasteiger partial charge in [-0.05, 0) is 6.42 Å². The highest BCUT2D eigenvalue weighted by Crippen LogP contribution is 1.95. The van der Waals surface area contributed by atoms with E-state index in [0.29, 0.717) is 6.54 Å². The minimum atomic E-state index is -0.175. The average molecular weight is 130 g/mol. The zero-order valence-corrected chi connectivity index (χ0v) is 5.13. The lowest BCUT2D eigenvalue weighted by Gasteiger charge is -2.24. The molecule has 52 valence electrons. The van der Waals surface area contributed by atoms with E-state index in [1.54, 1.807) is 0 Å². The first-order valence-electron chi connectivity index (χ1n) is 2.98. The van der Waals surface area contributed by atoms with E-state index in [2.05, 4.69) is 5.32 Å². The number of nitrogens with zero attached hydrogens (tertiary/aromatic N) is 1. The Morgan fingerprint density at radius 1 is 1.78 bits per heavy atom. The Balaban J connectivity index is 2.39. The summed E-state index contributed by atoms with van der Waals surface area (Å²) in [4.78, 5) is 12.0. The first kappa shape index (κ1) is 6.35. The van der Waals surface area contributed by atoms with Crippen molar-refractivity contribution in [2.24, 2.45) is 0 Å². The van der Waals surface area contributed by atoms with Crippen LogP contribution in [0.15, 0.2) is 0 Å². The molecule has 0 aromatic heterocycles. The number of urea groups is 1. The van der Waals surface area contributed by atoms with E-state index in [4.69, 9.17) is 5.11 Å². The predicted octanol–water partition coefficient (Wildman–Crippen LogP) is -0.648. The third-order valence-corrected chi connectivity index (χ3v) is 1.34. The molecule has 4 heteroatoms. The molecule has 0 aromatic carbocycles. The number of carbonyl (C=O) groups excluding carboxylic acids is 1. The normalized spacial score (nSPS) is 19.7. The molecule has 1 heterocycles. The zero-order chi connectivity index (χ0) is 6.69. The molecule has 0 aliphatic carbocycles. The Bertz CT molecular complexity index is 116. The van der Waals surface area contributed by atoms with E-state index >= 15 is 0 Å². The van der Waals surface area contributed by atoms with Crippen LogP contribution in [0.5, 0.6) is 0 Å². The van der Waals surface area contributed by atoms with Crippen LogP contribution in [-0.2, 0) is 0 Å². The van der Waals surface area contributed by atoms with Gasteiger partial charge >= 0.3 is 6.03 Å². The van der Waals surface area contributed by atoms with E-state index in [9.17, 15) is 4.79 Å².